The molecule has 0 aliphatic heterocycles. The van der Waals surface area contributed by atoms with Gasteiger partial charge in [-0.05, 0) is 23.8 Å². The number of hydrogen-bond donors (Lipinski definition) is 0. The molecule has 0 saturated carbocycles. The number of hydrogen-bond acceptors (Lipinski definition) is 3. The van der Waals surface area contributed by atoms with Crippen LogP contribution in [0, 0.1) is 11.3 Å². The van der Waals surface area contributed by atoms with Crippen LogP contribution in [-0.4, -0.2) is 12.1 Å². The lowest BCUT2D eigenvalue weighted by Crippen LogP contribution is -1.90. The van der Waals surface area contributed by atoms with Gasteiger partial charge in [-0.3, -0.25) is 0 Å². The zero-order chi connectivity index (χ0) is 13.1. The molecule has 18 heavy (non-hydrogen) atoms. The van der Waals surface area contributed by atoms with Gasteiger partial charge in [0.25, 0.3) is 0 Å². The van der Waals surface area contributed by atoms with Gasteiger partial charge in [-0.15, -0.1) is 0 Å². The fraction of sp³-hybridized carbons (Fsp3) is 0.0769. The van der Waals surface area contributed by atoms with Crippen molar-refractivity contribution in [1.82, 2.24) is 4.98 Å². The highest BCUT2D eigenvalue weighted by Crippen LogP contribution is 2.32. The monoisotopic (exact) mass is 278 g/mol. The van der Waals surface area contributed by atoms with Crippen molar-refractivity contribution in [3.8, 4) is 22.9 Å². The summed E-state index contributed by atoms with van der Waals surface area (Å²) in [5.74, 6) is 0.582. The van der Waals surface area contributed by atoms with Gasteiger partial charge >= 0.3 is 0 Å². The molecular weight excluding hydrogens is 271 g/mol. The lowest BCUT2D eigenvalue weighted by Gasteiger charge is -2.08. The Kier molecular flexibility index (Phi) is 3.71. The zero-order valence-electron chi connectivity index (χ0n) is 9.45. The summed E-state index contributed by atoms with van der Waals surface area (Å²) < 4.78 is 5.08. The Labute approximate surface area is 115 Å². The molecule has 0 atom stereocenters. The predicted octanol–water partition coefficient (Wildman–Crippen LogP) is 3.94. The molecule has 0 unspecified atom stereocenters. The van der Waals surface area contributed by atoms with Crippen molar-refractivity contribution in [3.05, 3.63) is 46.2 Å². The fourth-order valence-corrected chi connectivity index (χ4v) is 2.08. The van der Waals surface area contributed by atoms with Gasteiger partial charge in [-0.2, -0.15) is 5.26 Å². The molecule has 3 nitrogen and oxygen atoms in total. The SMILES string of the molecule is COc1ccc(-c2ccnc(Cl)c2C#N)cc1Cl. The number of nitriles is 1. The molecule has 1 heterocycles. The molecule has 90 valence electrons. The maximum absolute atomic E-state index is 9.10. The van der Waals surface area contributed by atoms with E-state index >= 15 is 0 Å². The molecule has 5 heteroatoms. The lowest BCUT2D eigenvalue weighted by atomic mass is 10.0. The lowest BCUT2D eigenvalue weighted by molar-refractivity contribution is 0.415. The number of nitrogens with zero attached hydrogens (tertiary/aromatic N) is 2. The summed E-state index contributed by atoms with van der Waals surface area (Å²) in [5.41, 5.74) is 1.82. The molecule has 0 bridgehead atoms. The molecule has 2 aromatic rings. The van der Waals surface area contributed by atoms with Gasteiger partial charge in [-0.25, -0.2) is 4.98 Å². The van der Waals surface area contributed by atoms with Crippen LogP contribution in [0.25, 0.3) is 11.1 Å². The highest BCUT2D eigenvalue weighted by atomic mass is 35.5. The number of rotatable bonds is 2. The minimum Gasteiger partial charge on any atom is -0.495 e. The van der Waals surface area contributed by atoms with E-state index in [1.165, 1.54) is 0 Å². The Hall–Kier alpha value is -1.76. The maximum Gasteiger partial charge on any atom is 0.147 e. The maximum atomic E-state index is 9.10. The van der Waals surface area contributed by atoms with Crippen molar-refractivity contribution in [1.29, 1.82) is 5.26 Å². The van der Waals surface area contributed by atoms with Crippen molar-refractivity contribution in [2.45, 2.75) is 0 Å². The summed E-state index contributed by atoms with van der Waals surface area (Å²) in [5, 5.41) is 9.76. The number of halogens is 2. The Morgan fingerprint density at radius 3 is 2.67 bits per heavy atom. The van der Waals surface area contributed by atoms with Crippen molar-refractivity contribution in [2.24, 2.45) is 0 Å². The molecule has 0 radical (unpaired) electrons. The van der Waals surface area contributed by atoms with Crippen LogP contribution in [0.1, 0.15) is 5.56 Å². The third-order valence-electron chi connectivity index (χ3n) is 2.48. The molecule has 0 fully saturated rings. The average molecular weight is 279 g/mol. The van der Waals surface area contributed by atoms with Crippen LogP contribution in [0.5, 0.6) is 5.75 Å². The molecule has 0 amide bonds. The first kappa shape index (κ1) is 12.7. The van der Waals surface area contributed by atoms with Gasteiger partial charge in [0.15, 0.2) is 0 Å². The van der Waals surface area contributed by atoms with Crippen molar-refractivity contribution in [3.63, 3.8) is 0 Å². The molecule has 1 aromatic carbocycles. The van der Waals surface area contributed by atoms with E-state index in [4.69, 9.17) is 33.2 Å². The molecule has 0 aliphatic rings. The van der Waals surface area contributed by atoms with E-state index in [1.807, 2.05) is 12.1 Å². The van der Waals surface area contributed by atoms with Crippen LogP contribution in [0.3, 0.4) is 0 Å². The third-order valence-corrected chi connectivity index (χ3v) is 3.06. The number of methoxy groups -OCH3 is 1. The molecule has 0 saturated heterocycles. The van der Waals surface area contributed by atoms with E-state index in [0.717, 1.165) is 5.56 Å². The Bertz CT molecular complexity index is 635. The van der Waals surface area contributed by atoms with Crippen LogP contribution in [0.2, 0.25) is 10.2 Å². The van der Waals surface area contributed by atoms with E-state index in [-0.39, 0.29) is 5.15 Å². The molecule has 0 aliphatic carbocycles. The minimum atomic E-state index is 0.182. The number of pyridine rings is 1. The normalized spacial score (nSPS) is 9.89. The summed E-state index contributed by atoms with van der Waals surface area (Å²) in [6.45, 7) is 0. The van der Waals surface area contributed by atoms with Gasteiger partial charge in [-0.1, -0.05) is 29.3 Å². The summed E-state index contributed by atoms with van der Waals surface area (Å²) in [6.07, 6.45) is 1.55. The van der Waals surface area contributed by atoms with Crippen LogP contribution in [-0.2, 0) is 0 Å². The Morgan fingerprint density at radius 1 is 1.28 bits per heavy atom. The number of ether oxygens (including phenoxy) is 1. The summed E-state index contributed by atoms with van der Waals surface area (Å²) >= 11 is 11.9. The minimum absolute atomic E-state index is 0.182. The van der Waals surface area contributed by atoms with E-state index in [0.29, 0.717) is 21.9 Å². The summed E-state index contributed by atoms with van der Waals surface area (Å²) in [6, 6.07) is 9.06. The van der Waals surface area contributed by atoms with Gasteiger partial charge < -0.3 is 4.74 Å². The van der Waals surface area contributed by atoms with Crippen LogP contribution >= 0.6 is 23.2 Å². The smallest absolute Gasteiger partial charge is 0.147 e. The average Bonchev–Trinajstić information content (AvgIpc) is 2.38. The molecule has 0 N–H and O–H groups in total. The van der Waals surface area contributed by atoms with E-state index in [9.17, 15) is 0 Å². The Balaban J connectivity index is 2.60. The van der Waals surface area contributed by atoms with Gasteiger partial charge in [0, 0.05) is 11.8 Å². The van der Waals surface area contributed by atoms with E-state index in [2.05, 4.69) is 4.98 Å². The van der Waals surface area contributed by atoms with Gasteiger partial charge in [0.05, 0.1) is 17.7 Å². The third kappa shape index (κ3) is 2.26. The van der Waals surface area contributed by atoms with Crippen LogP contribution in [0.4, 0.5) is 0 Å². The van der Waals surface area contributed by atoms with Crippen molar-refractivity contribution in [2.75, 3.05) is 7.11 Å². The quantitative estimate of drug-likeness (QED) is 0.782. The van der Waals surface area contributed by atoms with Crippen molar-refractivity contribution >= 4 is 23.2 Å². The van der Waals surface area contributed by atoms with E-state index < -0.39 is 0 Å². The predicted molar refractivity (Wildman–Crippen MR) is 71.0 cm³/mol. The van der Waals surface area contributed by atoms with Crippen LogP contribution < -0.4 is 4.74 Å². The first-order valence-electron chi connectivity index (χ1n) is 5.06. The standard InChI is InChI=1S/C13H8Cl2N2O/c1-18-12-3-2-8(6-11(12)14)9-4-5-17-13(15)10(9)7-16/h2-6H,1H3. The summed E-state index contributed by atoms with van der Waals surface area (Å²) in [7, 11) is 1.55. The highest BCUT2D eigenvalue weighted by molar-refractivity contribution is 6.32. The second-order valence-corrected chi connectivity index (χ2v) is 4.25. The first-order valence-corrected chi connectivity index (χ1v) is 5.81. The van der Waals surface area contributed by atoms with Crippen molar-refractivity contribution < 1.29 is 4.74 Å². The number of benzene rings is 1. The highest BCUT2D eigenvalue weighted by Gasteiger charge is 2.11. The first-order chi connectivity index (χ1) is 8.67. The topological polar surface area (TPSA) is 45.9 Å². The number of aromatic nitrogens is 1. The molecule has 1 aromatic heterocycles. The second-order valence-electron chi connectivity index (χ2n) is 3.49. The summed E-state index contributed by atoms with van der Waals surface area (Å²) in [4.78, 5) is 3.88. The molecule has 0 spiro atoms. The van der Waals surface area contributed by atoms with Crippen LogP contribution in [0.15, 0.2) is 30.5 Å². The van der Waals surface area contributed by atoms with Gasteiger partial charge in [0.2, 0.25) is 0 Å². The largest absolute Gasteiger partial charge is 0.495 e. The molecular formula is C13H8Cl2N2O. The second kappa shape index (κ2) is 5.26. The van der Waals surface area contributed by atoms with Gasteiger partial charge in [0.1, 0.15) is 17.0 Å². The Morgan fingerprint density at radius 2 is 2.06 bits per heavy atom. The molecule has 2 rings (SSSR count). The van der Waals surface area contributed by atoms with E-state index in [1.54, 1.807) is 31.5 Å². The fourth-order valence-electron chi connectivity index (χ4n) is 1.62. The zero-order valence-corrected chi connectivity index (χ0v) is 11.0.